The maximum Gasteiger partial charge on any atom is 0.238 e. The Hall–Kier alpha value is -0.770. The van der Waals surface area contributed by atoms with Crippen molar-refractivity contribution in [2.75, 3.05) is 11.9 Å². The van der Waals surface area contributed by atoms with Crippen molar-refractivity contribution in [2.24, 2.45) is 0 Å². The largest absolute Gasteiger partial charge is 0.322 e. The number of hydrogen-bond acceptors (Lipinski definition) is 2. The first-order chi connectivity index (χ1) is 8.66. The molecule has 1 saturated carbocycles. The summed E-state index contributed by atoms with van der Waals surface area (Å²) in [6.45, 7) is 0.298. The van der Waals surface area contributed by atoms with E-state index in [0.29, 0.717) is 28.3 Å². The summed E-state index contributed by atoms with van der Waals surface area (Å²) in [6, 6.07) is 5.62. The van der Waals surface area contributed by atoms with Gasteiger partial charge >= 0.3 is 0 Å². The lowest BCUT2D eigenvalue weighted by molar-refractivity contribution is -0.115. The molecular formula is C13H16Cl2N2O. The Kier molecular flexibility index (Phi) is 4.87. The van der Waals surface area contributed by atoms with Crippen LogP contribution in [0.3, 0.4) is 0 Å². The van der Waals surface area contributed by atoms with Crippen LogP contribution in [0.1, 0.15) is 25.7 Å². The Morgan fingerprint density at radius 3 is 2.44 bits per heavy atom. The molecule has 0 spiro atoms. The molecule has 5 heteroatoms. The molecule has 1 aliphatic rings. The fraction of sp³-hybridized carbons (Fsp3) is 0.462. The molecule has 1 fully saturated rings. The second-order valence-electron chi connectivity index (χ2n) is 4.51. The maximum atomic E-state index is 11.8. The van der Waals surface area contributed by atoms with E-state index in [-0.39, 0.29) is 5.91 Å². The number of carbonyl (C=O) groups is 1. The van der Waals surface area contributed by atoms with Crippen molar-refractivity contribution in [1.82, 2.24) is 5.32 Å². The van der Waals surface area contributed by atoms with Crippen LogP contribution in [0.4, 0.5) is 5.69 Å². The minimum Gasteiger partial charge on any atom is -0.322 e. The first kappa shape index (κ1) is 13.7. The lowest BCUT2D eigenvalue weighted by Crippen LogP contribution is -2.34. The monoisotopic (exact) mass is 286 g/mol. The van der Waals surface area contributed by atoms with Crippen molar-refractivity contribution in [2.45, 2.75) is 31.7 Å². The average Bonchev–Trinajstić information content (AvgIpc) is 2.84. The fourth-order valence-corrected chi connectivity index (χ4v) is 2.66. The van der Waals surface area contributed by atoms with Crippen molar-refractivity contribution < 1.29 is 4.79 Å². The molecule has 1 aliphatic carbocycles. The molecule has 18 heavy (non-hydrogen) atoms. The molecule has 0 aliphatic heterocycles. The SMILES string of the molecule is O=C(CNC1CCCC1)Nc1c(Cl)cccc1Cl. The molecule has 0 radical (unpaired) electrons. The molecular weight excluding hydrogens is 271 g/mol. The van der Waals surface area contributed by atoms with E-state index in [1.54, 1.807) is 18.2 Å². The maximum absolute atomic E-state index is 11.8. The predicted octanol–water partition coefficient (Wildman–Crippen LogP) is 3.46. The van der Waals surface area contributed by atoms with Crippen LogP contribution in [-0.2, 0) is 4.79 Å². The minimum absolute atomic E-state index is 0.114. The standard InChI is InChI=1S/C13H16Cl2N2O/c14-10-6-3-7-11(15)13(10)17-12(18)8-16-9-4-1-2-5-9/h3,6-7,9,16H,1-2,4-5,8H2,(H,17,18). The van der Waals surface area contributed by atoms with Gasteiger partial charge in [-0.05, 0) is 25.0 Å². The summed E-state index contributed by atoms with van der Waals surface area (Å²) in [5.74, 6) is -0.114. The van der Waals surface area contributed by atoms with E-state index in [4.69, 9.17) is 23.2 Å². The first-order valence-electron chi connectivity index (χ1n) is 6.14. The second-order valence-corrected chi connectivity index (χ2v) is 5.32. The number of hydrogen-bond donors (Lipinski definition) is 2. The highest BCUT2D eigenvalue weighted by atomic mass is 35.5. The van der Waals surface area contributed by atoms with Crippen LogP contribution >= 0.6 is 23.2 Å². The van der Waals surface area contributed by atoms with Gasteiger partial charge < -0.3 is 10.6 Å². The van der Waals surface area contributed by atoms with Crippen molar-refractivity contribution >= 4 is 34.8 Å². The minimum atomic E-state index is -0.114. The quantitative estimate of drug-likeness (QED) is 0.890. The van der Waals surface area contributed by atoms with E-state index in [9.17, 15) is 4.79 Å². The lowest BCUT2D eigenvalue weighted by Gasteiger charge is -2.13. The number of carbonyl (C=O) groups excluding carboxylic acids is 1. The molecule has 1 aromatic rings. The molecule has 1 aromatic carbocycles. The lowest BCUT2D eigenvalue weighted by atomic mass is 10.2. The molecule has 0 bridgehead atoms. The molecule has 1 amide bonds. The fourth-order valence-electron chi connectivity index (χ4n) is 2.17. The second kappa shape index (κ2) is 6.41. The van der Waals surface area contributed by atoms with Gasteiger partial charge in [0.1, 0.15) is 0 Å². The van der Waals surface area contributed by atoms with Crippen LogP contribution in [0.25, 0.3) is 0 Å². The zero-order chi connectivity index (χ0) is 13.0. The summed E-state index contributed by atoms with van der Waals surface area (Å²) in [6.07, 6.45) is 4.80. The van der Waals surface area contributed by atoms with Crippen LogP contribution in [0.15, 0.2) is 18.2 Å². The van der Waals surface area contributed by atoms with E-state index in [2.05, 4.69) is 10.6 Å². The topological polar surface area (TPSA) is 41.1 Å². The molecule has 0 atom stereocenters. The Balaban J connectivity index is 1.86. The number of nitrogens with one attached hydrogen (secondary N) is 2. The van der Waals surface area contributed by atoms with E-state index in [1.807, 2.05) is 0 Å². The average molecular weight is 287 g/mol. The Morgan fingerprint density at radius 2 is 1.83 bits per heavy atom. The van der Waals surface area contributed by atoms with Crippen LogP contribution in [0.5, 0.6) is 0 Å². The van der Waals surface area contributed by atoms with Crippen LogP contribution in [0, 0.1) is 0 Å². The molecule has 2 N–H and O–H groups in total. The highest BCUT2D eigenvalue weighted by Gasteiger charge is 2.16. The Bertz CT molecular complexity index is 411. The van der Waals surface area contributed by atoms with Gasteiger partial charge in [-0.2, -0.15) is 0 Å². The molecule has 0 aromatic heterocycles. The zero-order valence-corrected chi connectivity index (χ0v) is 11.5. The van der Waals surface area contributed by atoms with Crippen molar-refractivity contribution in [3.8, 4) is 0 Å². The van der Waals surface area contributed by atoms with Gasteiger partial charge in [-0.15, -0.1) is 0 Å². The van der Waals surface area contributed by atoms with E-state index in [1.165, 1.54) is 12.8 Å². The van der Waals surface area contributed by atoms with Crippen LogP contribution in [0.2, 0.25) is 10.0 Å². The van der Waals surface area contributed by atoms with Gasteiger partial charge in [0.05, 0.1) is 22.3 Å². The highest BCUT2D eigenvalue weighted by Crippen LogP contribution is 2.29. The van der Waals surface area contributed by atoms with E-state index >= 15 is 0 Å². The summed E-state index contributed by atoms with van der Waals surface area (Å²) in [5.41, 5.74) is 0.485. The number of amides is 1. The van der Waals surface area contributed by atoms with Gasteiger partial charge in [0, 0.05) is 6.04 Å². The smallest absolute Gasteiger partial charge is 0.238 e. The third-order valence-corrected chi connectivity index (χ3v) is 3.76. The Labute approximate surface area is 117 Å². The molecule has 98 valence electrons. The van der Waals surface area contributed by atoms with Crippen molar-refractivity contribution in [3.63, 3.8) is 0 Å². The normalized spacial score (nSPS) is 15.9. The zero-order valence-electron chi connectivity index (χ0n) is 10.0. The van der Waals surface area contributed by atoms with Gasteiger partial charge in [0.15, 0.2) is 0 Å². The number of benzene rings is 1. The van der Waals surface area contributed by atoms with E-state index in [0.717, 1.165) is 12.8 Å². The first-order valence-corrected chi connectivity index (χ1v) is 6.89. The molecule has 3 nitrogen and oxygen atoms in total. The molecule has 0 heterocycles. The number of anilines is 1. The summed E-state index contributed by atoms with van der Waals surface area (Å²) in [5, 5.41) is 6.89. The Morgan fingerprint density at radius 1 is 1.22 bits per heavy atom. The molecule has 2 rings (SSSR count). The van der Waals surface area contributed by atoms with Gasteiger partial charge in [0.25, 0.3) is 0 Å². The number of rotatable bonds is 4. The van der Waals surface area contributed by atoms with E-state index < -0.39 is 0 Å². The van der Waals surface area contributed by atoms with Crippen molar-refractivity contribution in [3.05, 3.63) is 28.2 Å². The summed E-state index contributed by atoms with van der Waals surface area (Å²) >= 11 is 12.0. The summed E-state index contributed by atoms with van der Waals surface area (Å²) in [7, 11) is 0. The van der Waals surface area contributed by atoms with Crippen LogP contribution in [-0.4, -0.2) is 18.5 Å². The third kappa shape index (κ3) is 3.61. The van der Waals surface area contributed by atoms with Crippen molar-refractivity contribution in [1.29, 1.82) is 0 Å². The van der Waals surface area contributed by atoms with Gasteiger partial charge in [-0.3, -0.25) is 4.79 Å². The highest BCUT2D eigenvalue weighted by molar-refractivity contribution is 6.39. The molecule has 0 unspecified atom stereocenters. The number of halogens is 2. The van der Waals surface area contributed by atoms with Gasteiger partial charge in [0.2, 0.25) is 5.91 Å². The van der Waals surface area contributed by atoms with Gasteiger partial charge in [-0.25, -0.2) is 0 Å². The summed E-state index contributed by atoms with van der Waals surface area (Å²) < 4.78 is 0. The predicted molar refractivity (Wildman–Crippen MR) is 75.4 cm³/mol. The van der Waals surface area contributed by atoms with Crippen LogP contribution < -0.4 is 10.6 Å². The third-order valence-electron chi connectivity index (χ3n) is 3.13. The summed E-state index contributed by atoms with van der Waals surface area (Å²) in [4.78, 5) is 11.8. The molecule has 0 saturated heterocycles. The van der Waals surface area contributed by atoms with Gasteiger partial charge in [-0.1, -0.05) is 42.1 Å². The number of para-hydroxylation sites is 1.